The monoisotopic (exact) mass is 219 g/mol. The van der Waals surface area contributed by atoms with Crippen molar-refractivity contribution in [1.29, 1.82) is 5.26 Å². The lowest BCUT2D eigenvalue weighted by Gasteiger charge is -2.18. The highest BCUT2D eigenvalue weighted by Gasteiger charge is 2.21. The number of pyridine rings is 1. The third kappa shape index (κ3) is 2.95. The molecule has 84 valence electrons. The first-order chi connectivity index (χ1) is 7.54. The van der Waals surface area contributed by atoms with E-state index in [4.69, 9.17) is 10.4 Å². The van der Waals surface area contributed by atoms with Gasteiger partial charge in [-0.2, -0.15) is 5.26 Å². The van der Waals surface area contributed by atoms with Crippen LogP contribution in [0.15, 0.2) is 18.2 Å². The van der Waals surface area contributed by atoms with Crippen LogP contribution in [0.2, 0.25) is 0 Å². The van der Waals surface area contributed by atoms with E-state index in [1.165, 1.54) is 0 Å². The Bertz CT molecular complexity index is 423. The fraction of sp³-hybridized carbons (Fsp3) is 0.364. The minimum Gasteiger partial charge on any atom is -0.480 e. The number of anilines is 1. The molecule has 5 nitrogen and oxygen atoms in total. The number of carbonyl (C=O) groups is 1. The first-order valence-corrected chi connectivity index (χ1v) is 4.91. The van der Waals surface area contributed by atoms with Gasteiger partial charge < -0.3 is 10.4 Å². The Morgan fingerprint density at radius 1 is 1.56 bits per heavy atom. The first kappa shape index (κ1) is 12.0. The summed E-state index contributed by atoms with van der Waals surface area (Å²) in [6, 6.07) is 6.06. The number of carboxylic acid groups (broad SMARTS) is 1. The van der Waals surface area contributed by atoms with Gasteiger partial charge in [-0.1, -0.05) is 19.9 Å². The maximum absolute atomic E-state index is 10.9. The van der Waals surface area contributed by atoms with Crippen molar-refractivity contribution in [2.24, 2.45) is 5.92 Å². The van der Waals surface area contributed by atoms with Gasteiger partial charge in [-0.3, -0.25) is 0 Å². The van der Waals surface area contributed by atoms with Crippen LogP contribution in [0.25, 0.3) is 0 Å². The number of aliphatic carboxylic acids is 1. The van der Waals surface area contributed by atoms with Crippen LogP contribution in [0.3, 0.4) is 0 Å². The molecule has 1 unspecified atom stereocenters. The lowest BCUT2D eigenvalue weighted by Crippen LogP contribution is -2.34. The number of aromatic nitrogens is 1. The van der Waals surface area contributed by atoms with Gasteiger partial charge in [-0.05, 0) is 18.1 Å². The molecule has 0 bridgehead atoms. The smallest absolute Gasteiger partial charge is 0.326 e. The number of nitriles is 1. The van der Waals surface area contributed by atoms with Gasteiger partial charge in [0.25, 0.3) is 0 Å². The Morgan fingerprint density at radius 3 is 2.75 bits per heavy atom. The fourth-order valence-electron chi connectivity index (χ4n) is 1.25. The summed E-state index contributed by atoms with van der Waals surface area (Å²) in [7, 11) is 0. The lowest BCUT2D eigenvalue weighted by molar-refractivity contribution is -0.138. The SMILES string of the molecule is CC(C)C(Nc1cccc(C#N)n1)C(=O)O. The molecule has 0 saturated carbocycles. The molecule has 5 heteroatoms. The summed E-state index contributed by atoms with van der Waals surface area (Å²) in [5.41, 5.74) is 0.262. The minimum absolute atomic E-state index is 0.0648. The van der Waals surface area contributed by atoms with Crippen LogP contribution in [0.5, 0.6) is 0 Å². The average Bonchev–Trinajstić information content (AvgIpc) is 2.25. The van der Waals surface area contributed by atoms with Crippen LogP contribution in [0, 0.1) is 17.2 Å². The highest BCUT2D eigenvalue weighted by molar-refractivity contribution is 5.77. The van der Waals surface area contributed by atoms with Crippen LogP contribution in [0.1, 0.15) is 19.5 Å². The van der Waals surface area contributed by atoms with Crippen LogP contribution in [-0.4, -0.2) is 22.1 Å². The molecule has 0 fully saturated rings. The molecule has 0 aromatic carbocycles. The van der Waals surface area contributed by atoms with Gasteiger partial charge in [0.2, 0.25) is 0 Å². The zero-order valence-corrected chi connectivity index (χ0v) is 9.14. The third-order valence-electron chi connectivity index (χ3n) is 2.10. The summed E-state index contributed by atoms with van der Waals surface area (Å²) in [4.78, 5) is 14.9. The molecule has 1 aromatic rings. The summed E-state index contributed by atoms with van der Waals surface area (Å²) in [6.45, 7) is 3.61. The van der Waals surface area contributed by atoms with Gasteiger partial charge in [0, 0.05) is 0 Å². The van der Waals surface area contributed by atoms with Gasteiger partial charge in [0.05, 0.1) is 0 Å². The van der Waals surface area contributed by atoms with Crippen molar-refractivity contribution in [2.45, 2.75) is 19.9 Å². The molecule has 0 aliphatic heterocycles. The summed E-state index contributed by atoms with van der Waals surface area (Å²) in [6.07, 6.45) is 0. The van der Waals surface area contributed by atoms with Crippen LogP contribution in [-0.2, 0) is 4.79 Å². The van der Waals surface area contributed by atoms with Crippen molar-refractivity contribution < 1.29 is 9.90 Å². The molecule has 1 heterocycles. The molecule has 0 aliphatic carbocycles. The molecule has 0 saturated heterocycles. The van der Waals surface area contributed by atoms with Gasteiger partial charge >= 0.3 is 5.97 Å². The molecule has 16 heavy (non-hydrogen) atoms. The van der Waals surface area contributed by atoms with E-state index in [-0.39, 0.29) is 11.6 Å². The van der Waals surface area contributed by atoms with Crippen molar-refractivity contribution in [2.75, 3.05) is 5.32 Å². The van der Waals surface area contributed by atoms with Crippen LogP contribution < -0.4 is 5.32 Å². The molecule has 2 N–H and O–H groups in total. The Hall–Kier alpha value is -2.09. The largest absolute Gasteiger partial charge is 0.480 e. The molecule has 1 atom stereocenters. The number of hydrogen-bond donors (Lipinski definition) is 2. The molecule has 0 amide bonds. The summed E-state index contributed by atoms with van der Waals surface area (Å²) >= 11 is 0. The van der Waals surface area contributed by atoms with E-state index in [9.17, 15) is 4.79 Å². The van der Waals surface area contributed by atoms with Crippen molar-refractivity contribution in [3.8, 4) is 6.07 Å². The standard InChI is InChI=1S/C11H13N3O2/c1-7(2)10(11(15)16)14-9-5-3-4-8(6-12)13-9/h3-5,7,10H,1-2H3,(H,13,14)(H,15,16). The van der Waals surface area contributed by atoms with E-state index in [1.54, 1.807) is 32.0 Å². The zero-order valence-electron chi connectivity index (χ0n) is 9.14. The highest BCUT2D eigenvalue weighted by Crippen LogP contribution is 2.11. The van der Waals surface area contributed by atoms with E-state index < -0.39 is 12.0 Å². The maximum atomic E-state index is 10.9. The van der Waals surface area contributed by atoms with Crippen molar-refractivity contribution in [3.05, 3.63) is 23.9 Å². The molecular formula is C11H13N3O2. The Labute approximate surface area is 93.7 Å². The Balaban J connectivity index is 2.86. The second-order valence-electron chi connectivity index (χ2n) is 3.72. The Morgan fingerprint density at radius 2 is 2.25 bits per heavy atom. The lowest BCUT2D eigenvalue weighted by atomic mass is 10.1. The van der Waals surface area contributed by atoms with Gasteiger partial charge in [-0.25, -0.2) is 9.78 Å². The first-order valence-electron chi connectivity index (χ1n) is 4.91. The van der Waals surface area contributed by atoms with Crippen LogP contribution in [0.4, 0.5) is 5.82 Å². The van der Waals surface area contributed by atoms with E-state index in [0.717, 1.165) is 0 Å². The zero-order chi connectivity index (χ0) is 12.1. The summed E-state index contributed by atoms with van der Waals surface area (Å²) in [5.74, 6) is -0.593. The number of carboxylic acids is 1. The van der Waals surface area contributed by atoms with Crippen LogP contribution >= 0.6 is 0 Å². The van der Waals surface area contributed by atoms with Gasteiger partial charge in [-0.15, -0.1) is 0 Å². The molecular weight excluding hydrogens is 206 g/mol. The summed E-state index contributed by atoms with van der Waals surface area (Å²) in [5, 5.41) is 20.4. The van der Waals surface area contributed by atoms with E-state index in [2.05, 4.69) is 10.3 Å². The van der Waals surface area contributed by atoms with Gasteiger partial charge in [0.15, 0.2) is 0 Å². The third-order valence-corrected chi connectivity index (χ3v) is 2.10. The average molecular weight is 219 g/mol. The van der Waals surface area contributed by atoms with E-state index >= 15 is 0 Å². The van der Waals surface area contributed by atoms with E-state index in [1.807, 2.05) is 6.07 Å². The second-order valence-corrected chi connectivity index (χ2v) is 3.72. The van der Waals surface area contributed by atoms with E-state index in [0.29, 0.717) is 5.82 Å². The molecule has 1 aromatic heterocycles. The molecule has 0 spiro atoms. The van der Waals surface area contributed by atoms with Gasteiger partial charge in [0.1, 0.15) is 23.6 Å². The number of nitrogens with zero attached hydrogens (tertiary/aromatic N) is 2. The molecule has 1 rings (SSSR count). The predicted octanol–water partition coefficient (Wildman–Crippen LogP) is 1.47. The maximum Gasteiger partial charge on any atom is 0.326 e. The fourth-order valence-corrected chi connectivity index (χ4v) is 1.25. The van der Waals surface area contributed by atoms with Crippen molar-refractivity contribution in [1.82, 2.24) is 4.98 Å². The Kier molecular flexibility index (Phi) is 3.84. The second kappa shape index (κ2) is 5.12. The number of hydrogen-bond acceptors (Lipinski definition) is 4. The normalized spacial score (nSPS) is 11.9. The topological polar surface area (TPSA) is 86.0 Å². The quantitative estimate of drug-likeness (QED) is 0.800. The highest BCUT2D eigenvalue weighted by atomic mass is 16.4. The van der Waals surface area contributed by atoms with Crippen molar-refractivity contribution >= 4 is 11.8 Å². The summed E-state index contributed by atoms with van der Waals surface area (Å²) < 4.78 is 0. The number of nitrogens with one attached hydrogen (secondary N) is 1. The molecule has 0 radical (unpaired) electrons. The molecule has 0 aliphatic rings. The number of rotatable bonds is 4. The minimum atomic E-state index is -0.931. The van der Waals surface area contributed by atoms with Crippen molar-refractivity contribution in [3.63, 3.8) is 0 Å². The predicted molar refractivity (Wildman–Crippen MR) is 58.8 cm³/mol.